The van der Waals surface area contributed by atoms with E-state index in [9.17, 15) is 0 Å². The largest absolute Gasteiger partial charge is 0.381 e. The summed E-state index contributed by atoms with van der Waals surface area (Å²) in [6.07, 6.45) is 7.06. The lowest BCUT2D eigenvalue weighted by molar-refractivity contribution is 0.0794. The summed E-state index contributed by atoms with van der Waals surface area (Å²) in [7, 11) is 0. The van der Waals surface area contributed by atoms with Crippen LogP contribution in [-0.4, -0.2) is 54.8 Å². The summed E-state index contributed by atoms with van der Waals surface area (Å²) < 4.78 is 5.72. The maximum Gasteiger partial charge on any atom is 0.191 e. The Morgan fingerprint density at radius 1 is 1.33 bits per heavy atom. The van der Waals surface area contributed by atoms with E-state index in [-0.39, 0.29) is 28.7 Å². The third kappa shape index (κ3) is 7.14. The molecule has 1 aromatic rings. The zero-order valence-corrected chi connectivity index (χ0v) is 17.7. The highest BCUT2D eigenvalue weighted by atomic mass is 127. The van der Waals surface area contributed by atoms with Crippen molar-refractivity contribution in [1.82, 2.24) is 15.6 Å². The summed E-state index contributed by atoms with van der Waals surface area (Å²) in [5.74, 6) is 0.892. The third-order valence-electron chi connectivity index (χ3n) is 4.11. The predicted octanol–water partition coefficient (Wildman–Crippen LogP) is 2.71. The Labute approximate surface area is 166 Å². The van der Waals surface area contributed by atoms with Crippen molar-refractivity contribution in [3.8, 4) is 0 Å². The van der Waals surface area contributed by atoms with Crippen LogP contribution in [0, 0.1) is 0 Å². The zero-order chi connectivity index (χ0) is 16.4. The second-order valence-electron chi connectivity index (χ2n) is 5.69. The topological polar surface area (TPSA) is 58.5 Å². The number of thioether (sulfide) groups is 1. The van der Waals surface area contributed by atoms with Crippen molar-refractivity contribution in [2.45, 2.75) is 30.9 Å². The number of pyridine rings is 1. The molecule has 1 fully saturated rings. The number of hydrogen-bond acceptors (Lipinski definition) is 4. The lowest BCUT2D eigenvalue weighted by Gasteiger charge is -2.34. The molecule has 0 bridgehead atoms. The third-order valence-corrected chi connectivity index (χ3v) is 5.51. The van der Waals surface area contributed by atoms with Crippen molar-refractivity contribution >= 4 is 41.7 Å². The van der Waals surface area contributed by atoms with Gasteiger partial charge in [-0.05, 0) is 38.2 Å². The molecule has 0 aromatic carbocycles. The van der Waals surface area contributed by atoms with E-state index in [1.165, 1.54) is 0 Å². The van der Waals surface area contributed by atoms with Gasteiger partial charge in [-0.15, -0.1) is 24.0 Å². The van der Waals surface area contributed by atoms with Gasteiger partial charge < -0.3 is 15.4 Å². The molecule has 1 aliphatic heterocycles. The maximum atomic E-state index is 5.49. The monoisotopic (exact) mass is 464 g/mol. The minimum absolute atomic E-state index is 0. The fourth-order valence-corrected chi connectivity index (χ4v) is 3.36. The van der Waals surface area contributed by atoms with Gasteiger partial charge in [0, 0.05) is 49.4 Å². The second kappa shape index (κ2) is 11.9. The van der Waals surface area contributed by atoms with Gasteiger partial charge in [0.2, 0.25) is 0 Å². The number of aliphatic imine (C=N–C) groups is 1. The Balaban J connectivity index is 0.00000288. The van der Waals surface area contributed by atoms with E-state index in [4.69, 9.17) is 9.73 Å². The SMILES string of the molecule is CCNC(=NCC1(SC)CCOCC1)NCCc1ccccn1.I. The predicted molar refractivity (Wildman–Crippen MR) is 114 cm³/mol. The average Bonchev–Trinajstić information content (AvgIpc) is 2.61. The van der Waals surface area contributed by atoms with Crippen LogP contribution >= 0.6 is 35.7 Å². The van der Waals surface area contributed by atoms with Gasteiger partial charge in [-0.25, -0.2) is 0 Å². The minimum atomic E-state index is 0. The Morgan fingerprint density at radius 2 is 2.12 bits per heavy atom. The summed E-state index contributed by atoms with van der Waals surface area (Å²) in [5, 5.41) is 6.74. The lowest BCUT2D eigenvalue weighted by Crippen LogP contribution is -2.41. The molecule has 0 amide bonds. The van der Waals surface area contributed by atoms with Crippen molar-refractivity contribution in [2.75, 3.05) is 39.1 Å². The normalized spacial score (nSPS) is 17.0. The quantitative estimate of drug-likeness (QED) is 0.369. The van der Waals surface area contributed by atoms with Gasteiger partial charge in [0.1, 0.15) is 0 Å². The van der Waals surface area contributed by atoms with Gasteiger partial charge in [0.25, 0.3) is 0 Å². The van der Waals surface area contributed by atoms with Crippen LogP contribution < -0.4 is 10.6 Å². The van der Waals surface area contributed by atoms with Gasteiger partial charge in [-0.3, -0.25) is 9.98 Å². The van der Waals surface area contributed by atoms with Crippen LogP contribution in [0.25, 0.3) is 0 Å². The first-order valence-corrected chi connectivity index (χ1v) is 9.55. The van der Waals surface area contributed by atoms with Gasteiger partial charge >= 0.3 is 0 Å². The molecule has 24 heavy (non-hydrogen) atoms. The van der Waals surface area contributed by atoms with Crippen LogP contribution in [0.4, 0.5) is 0 Å². The highest BCUT2D eigenvalue weighted by Gasteiger charge is 2.31. The van der Waals surface area contributed by atoms with Crippen molar-refractivity contribution in [1.29, 1.82) is 0 Å². The van der Waals surface area contributed by atoms with E-state index < -0.39 is 0 Å². The fraction of sp³-hybridized carbons (Fsp3) is 0.647. The first kappa shape index (κ1) is 21.5. The molecule has 0 atom stereocenters. The smallest absolute Gasteiger partial charge is 0.191 e. The molecule has 1 aliphatic rings. The van der Waals surface area contributed by atoms with Crippen LogP contribution in [0.3, 0.4) is 0 Å². The van der Waals surface area contributed by atoms with E-state index in [0.29, 0.717) is 0 Å². The Hall–Kier alpha value is -0.540. The van der Waals surface area contributed by atoms with Gasteiger partial charge in [0.15, 0.2) is 5.96 Å². The molecule has 2 rings (SSSR count). The molecule has 2 heterocycles. The summed E-state index contributed by atoms with van der Waals surface area (Å²) in [6, 6.07) is 6.02. The van der Waals surface area contributed by atoms with Crippen LogP contribution in [0.1, 0.15) is 25.5 Å². The Kier molecular flexibility index (Phi) is 10.7. The molecular formula is C17H29IN4OS. The molecule has 0 radical (unpaired) electrons. The lowest BCUT2D eigenvalue weighted by atomic mass is 9.99. The molecule has 7 heteroatoms. The summed E-state index contributed by atoms with van der Waals surface area (Å²) in [5.41, 5.74) is 1.10. The Bertz CT molecular complexity index is 481. The van der Waals surface area contributed by atoms with Crippen LogP contribution in [-0.2, 0) is 11.2 Å². The molecule has 136 valence electrons. The van der Waals surface area contributed by atoms with Crippen LogP contribution in [0.15, 0.2) is 29.4 Å². The zero-order valence-electron chi connectivity index (χ0n) is 14.6. The fourth-order valence-electron chi connectivity index (χ4n) is 2.59. The summed E-state index contributed by atoms with van der Waals surface area (Å²) >= 11 is 1.92. The summed E-state index contributed by atoms with van der Waals surface area (Å²) in [4.78, 5) is 9.16. The number of nitrogens with one attached hydrogen (secondary N) is 2. The Morgan fingerprint density at radius 3 is 2.75 bits per heavy atom. The average molecular weight is 464 g/mol. The molecule has 1 saturated heterocycles. The molecule has 2 N–H and O–H groups in total. The van der Waals surface area contributed by atoms with Gasteiger partial charge in [-0.2, -0.15) is 11.8 Å². The van der Waals surface area contributed by atoms with E-state index in [0.717, 1.165) is 63.8 Å². The molecule has 0 saturated carbocycles. The van der Waals surface area contributed by atoms with E-state index in [1.54, 1.807) is 0 Å². The van der Waals surface area contributed by atoms with Crippen molar-refractivity contribution < 1.29 is 4.74 Å². The minimum Gasteiger partial charge on any atom is -0.381 e. The number of hydrogen-bond donors (Lipinski definition) is 2. The highest BCUT2D eigenvalue weighted by Crippen LogP contribution is 2.33. The van der Waals surface area contributed by atoms with Gasteiger partial charge in [0.05, 0.1) is 6.54 Å². The molecule has 0 unspecified atom stereocenters. The highest BCUT2D eigenvalue weighted by molar-refractivity contribution is 14.0. The van der Waals surface area contributed by atoms with Gasteiger partial charge in [-0.1, -0.05) is 6.07 Å². The second-order valence-corrected chi connectivity index (χ2v) is 6.97. The number of aromatic nitrogens is 1. The van der Waals surface area contributed by atoms with Crippen molar-refractivity contribution in [2.24, 2.45) is 4.99 Å². The van der Waals surface area contributed by atoms with Crippen LogP contribution in [0.2, 0.25) is 0 Å². The molecule has 0 spiro atoms. The van der Waals surface area contributed by atoms with Crippen molar-refractivity contribution in [3.63, 3.8) is 0 Å². The van der Waals surface area contributed by atoms with Crippen LogP contribution in [0.5, 0.6) is 0 Å². The maximum absolute atomic E-state index is 5.49. The van der Waals surface area contributed by atoms with E-state index in [1.807, 2.05) is 30.1 Å². The first-order valence-electron chi connectivity index (χ1n) is 8.33. The number of guanidine groups is 1. The molecule has 1 aromatic heterocycles. The first-order chi connectivity index (χ1) is 11.3. The molecule has 5 nitrogen and oxygen atoms in total. The molecular weight excluding hydrogens is 435 g/mol. The molecule has 0 aliphatic carbocycles. The standard InChI is InChI=1S/C17H28N4OS.HI/c1-3-18-16(20-11-7-15-6-4-5-10-19-15)21-14-17(23-2)8-12-22-13-9-17;/h4-6,10H,3,7-9,11-14H2,1-2H3,(H2,18,20,21);1H. The number of halogens is 1. The number of rotatable bonds is 7. The number of nitrogens with zero attached hydrogens (tertiary/aromatic N) is 2. The summed E-state index contributed by atoms with van der Waals surface area (Å²) in [6.45, 7) is 6.31. The number of ether oxygens (including phenoxy) is 1. The van der Waals surface area contributed by atoms with Crippen molar-refractivity contribution in [3.05, 3.63) is 30.1 Å². The van der Waals surface area contributed by atoms with E-state index >= 15 is 0 Å². The van der Waals surface area contributed by atoms with E-state index in [2.05, 4.69) is 34.9 Å².